The Hall–Kier alpha value is 0.653. The largest absolute Gasteiger partial charge is 0.147 e. The molecule has 1 rings (SSSR count). The van der Waals surface area contributed by atoms with E-state index in [9.17, 15) is 0 Å². The van der Waals surface area contributed by atoms with E-state index in [0.29, 0.717) is 0 Å². The molecule has 0 radical (unpaired) electrons. The van der Waals surface area contributed by atoms with Crippen molar-refractivity contribution in [3.63, 3.8) is 0 Å². The topological polar surface area (TPSA) is 0 Å². The van der Waals surface area contributed by atoms with E-state index in [0.717, 1.165) is 0 Å². The molecule has 0 aliphatic heterocycles. The molecular formula is C7H10ClZr. The maximum atomic E-state index is 2.28. The molecule has 0 saturated heterocycles. The van der Waals surface area contributed by atoms with Gasteiger partial charge in [-0.25, -0.2) is 0 Å². The van der Waals surface area contributed by atoms with Crippen LogP contribution >= 0.6 is 12.4 Å². The first kappa shape index (κ1) is 9.65. The van der Waals surface area contributed by atoms with Gasteiger partial charge in [0.25, 0.3) is 0 Å². The zero-order chi connectivity index (χ0) is 6.15. The van der Waals surface area contributed by atoms with Crippen molar-refractivity contribution in [3.05, 3.63) is 20.5 Å². The van der Waals surface area contributed by atoms with Gasteiger partial charge in [0.1, 0.15) is 0 Å². The van der Waals surface area contributed by atoms with Gasteiger partial charge in [-0.2, -0.15) is 0 Å². The molecule has 0 spiro atoms. The second kappa shape index (κ2) is 3.73. The van der Waals surface area contributed by atoms with Crippen molar-refractivity contribution in [2.75, 3.05) is 0 Å². The predicted octanol–water partition coefficient (Wildman–Crippen LogP) is 2.58. The van der Waals surface area contributed by atoms with Crippen LogP contribution in [-0.4, -0.2) is 0 Å². The third-order valence-corrected chi connectivity index (χ3v) is 2.80. The van der Waals surface area contributed by atoms with Crippen molar-refractivity contribution < 1.29 is 24.7 Å². The fraction of sp³-hybridized carbons (Fsp3) is 0.429. The number of hydrogen-bond acceptors (Lipinski definition) is 0. The van der Waals surface area contributed by atoms with Gasteiger partial charge in [-0.05, 0) is 0 Å². The fourth-order valence-corrected chi connectivity index (χ4v) is 1.79. The molecule has 0 amide bonds. The maximum absolute atomic E-state index is 2.28. The van der Waals surface area contributed by atoms with E-state index < -0.39 is 0 Å². The molecule has 49 valence electrons. The fourth-order valence-electron chi connectivity index (χ4n) is 0.926. The van der Waals surface area contributed by atoms with Crippen LogP contribution in [0.2, 0.25) is 0 Å². The predicted molar refractivity (Wildman–Crippen MR) is 38.3 cm³/mol. The van der Waals surface area contributed by atoms with Crippen LogP contribution in [0, 0.1) is 0 Å². The van der Waals surface area contributed by atoms with Crippen LogP contribution in [0.1, 0.15) is 20.3 Å². The Labute approximate surface area is 77.7 Å². The zero-order valence-corrected chi connectivity index (χ0v) is 8.97. The molecule has 0 nitrogen and oxygen atoms in total. The van der Waals surface area contributed by atoms with Crippen LogP contribution in [0.3, 0.4) is 0 Å². The Bertz CT molecular complexity index is 168. The van der Waals surface area contributed by atoms with E-state index in [1.54, 1.807) is 28.0 Å². The van der Waals surface area contributed by atoms with Gasteiger partial charge in [0.05, 0.1) is 0 Å². The maximum Gasteiger partial charge on any atom is -0.147 e. The minimum Gasteiger partial charge on any atom is -0.147 e. The molecular weight excluding hydrogens is 211 g/mol. The van der Waals surface area contributed by atoms with Crippen LogP contribution in [0.5, 0.6) is 0 Å². The van der Waals surface area contributed by atoms with Gasteiger partial charge in [0, 0.05) is 0 Å². The number of hydrogen-bond donors (Lipinski definition) is 0. The second-order valence-corrected chi connectivity index (χ2v) is 3.81. The first-order chi connectivity index (χ1) is 3.70. The van der Waals surface area contributed by atoms with Crippen LogP contribution in [0.4, 0.5) is 0 Å². The summed E-state index contributed by atoms with van der Waals surface area (Å²) in [6, 6.07) is 0. The third-order valence-electron chi connectivity index (χ3n) is 1.39. The summed E-state index contributed by atoms with van der Waals surface area (Å²) in [5, 5.41) is 0. The summed E-state index contributed by atoms with van der Waals surface area (Å²) >= 11 is 1.58. The van der Waals surface area contributed by atoms with Crippen LogP contribution < -0.4 is 0 Å². The van der Waals surface area contributed by atoms with Crippen molar-refractivity contribution in [2.24, 2.45) is 0 Å². The molecule has 1 aliphatic carbocycles. The molecule has 0 aromatic carbocycles. The molecule has 0 atom stereocenters. The normalized spacial score (nSPS) is 17.2. The summed E-state index contributed by atoms with van der Waals surface area (Å²) in [4.78, 5) is 0. The molecule has 9 heavy (non-hydrogen) atoms. The standard InChI is InChI=1S/C7H9.ClH.Zr/c1-6-3-4-7(2)5-6;;/h5H,3H2,1-2H3;1H;. The third kappa shape index (κ3) is 2.39. The molecule has 0 saturated carbocycles. The molecule has 2 heteroatoms. The molecule has 1 aliphatic rings. The first-order valence-corrected chi connectivity index (χ1v) is 4.01. The van der Waals surface area contributed by atoms with E-state index in [1.165, 1.54) is 17.6 Å². The SMILES string of the molecule is CC1=CC(C)=[C]([Zr])C1.Cl. The molecule has 0 bridgehead atoms. The van der Waals surface area contributed by atoms with Crippen molar-refractivity contribution in [1.29, 1.82) is 0 Å². The second-order valence-electron chi connectivity index (χ2n) is 2.33. The molecule has 0 aromatic heterocycles. The minimum absolute atomic E-state index is 0. The summed E-state index contributed by atoms with van der Waals surface area (Å²) in [5.74, 6) is 0. The van der Waals surface area contributed by atoms with Gasteiger partial charge in [0.15, 0.2) is 0 Å². The molecule has 0 fully saturated rings. The average molecular weight is 221 g/mol. The van der Waals surface area contributed by atoms with Gasteiger partial charge >= 0.3 is 65.5 Å². The average Bonchev–Trinajstić information content (AvgIpc) is 1.85. The number of halogens is 1. The van der Waals surface area contributed by atoms with Gasteiger partial charge in [-0.1, -0.05) is 0 Å². The zero-order valence-electron chi connectivity index (χ0n) is 5.69. The van der Waals surface area contributed by atoms with Crippen LogP contribution in [0.25, 0.3) is 0 Å². The van der Waals surface area contributed by atoms with E-state index in [4.69, 9.17) is 0 Å². The molecule has 0 heterocycles. The molecule has 0 aromatic rings. The smallest absolute Gasteiger partial charge is 0.147 e. The Morgan fingerprint density at radius 1 is 1.44 bits per heavy atom. The Balaban J connectivity index is 0.000000640. The van der Waals surface area contributed by atoms with Crippen molar-refractivity contribution in [2.45, 2.75) is 20.3 Å². The summed E-state index contributed by atoms with van der Waals surface area (Å²) in [7, 11) is 0. The Kier molecular flexibility index (Phi) is 4.00. The number of allylic oxidation sites excluding steroid dienone is 4. The summed E-state index contributed by atoms with van der Waals surface area (Å²) in [6.45, 7) is 4.39. The van der Waals surface area contributed by atoms with Crippen molar-refractivity contribution in [3.8, 4) is 0 Å². The Morgan fingerprint density at radius 2 is 2.00 bits per heavy atom. The van der Waals surface area contributed by atoms with E-state index >= 15 is 0 Å². The van der Waals surface area contributed by atoms with Crippen molar-refractivity contribution in [1.82, 2.24) is 0 Å². The summed E-state index contributed by atoms with van der Waals surface area (Å²) in [6.07, 6.45) is 3.52. The van der Waals surface area contributed by atoms with E-state index in [1.807, 2.05) is 0 Å². The Morgan fingerprint density at radius 3 is 2.11 bits per heavy atom. The monoisotopic (exact) mass is 219 g/mol. The van der Waals surface area contributed by atoms with Crippen LogP contribution in [0.15, 0.2) is 20.5 Å². The van der Waals surface area contributed by atoms with Crippen molar-refractivity contribution >= 4 is 12.4 Å². The van der Waals surface area contributed by atoms with E-state index in [-0.39, 0.29) is 12.4 Å². The molecule has 0 unspecified atom stereocenters. The minimum atomic E-state index is 0. The van der Waals surface area contributed by atoms with Crippen LogP contribution in [-0.2, 0) is 24.7 Å². The summed E-state index contributed by atoms with van der Waals surface area (Å²) < 4.78 is 1.62. The van der Waals surface area contributed by atoms with Gasteiger partial charge in [-0.15, -0.1) is 12.4 Å². The summed E-state index contributed by atoms with van der Waals surface area (Å²) in [5.41, 5.74) is 3.02. The quantitative estimate of drug-likeness (QED) is 0.589. The van der Waals surface area contributed by atoms with Gasteiger partial charge < -0.3 is 0 Å². The van der Waals surface area contributed by atoms with Gasteiger partial charge in [0.2, 0.25) is 0 Å². The van der Waals surface area contributed by atoms with E-state index in [2.05, 4.69) is 19.9 Å². The first-order valence-electron chi connectivity index (χ1n) is 2.78. The molecule has 0 N–H and O–H groups in total. The number of rotatable bonds is 0. The van der Waals surface area contributed by atoms with Gasteiger partial charge in [-0.3, -0.25) is 0 Å².